The molecule has 0 spiro atoms. The minimum atomic E-state index is -2.68. The predicted molar refractivity (Wildman–Crippen MR) is 161 cm³/mol. The summed E-state index contributed by atoms with van der Waals surface area (Å²) in [6.07, 6.45) is 8.16. The molecule has 0 aliphatic heterocycles. The SMILES string of the molecule is CC(C)(C)[SiH2]CC1=CC2=C(CCCC2)[CH]1[Ti]([CH2]c1ccccc1)([CH2]c1ccccc1)[CH2]c1ccccc1. The van der Waals surface area contributed by atoms with Crippen molar-refractivity contribution in [3.63, 3.8) is 0 Å². The van der Waals surface area contributed by atoms with Gasteiger partial charge in [-0.15, -0.1) is 0 Å². The van der Waals surface area contributed by atoms with Crippen molar-refractivity contribution >= 4 is 9.52 Å². The van der Waals surface area contributed by atoms with Gasteiger partial charge in [-0.25, -0.2) is 0 Å². The van der Waals surface area contributed by atoms with Crippen LogP contribution in [-0.2, 0) is 30.8 Å². The van der Waals surface area contributed by atoms with Crippen LogP contribution in [0.5, 0.6) is 0 Å². The first-order valence-corrected chi connectivity index (χ1v) is 20.4. The van der Waals surface area contributed by atoms with Gasteiger partial charge in [0.1, 0.15) is 0 Å². The van der Waals surface area contributed by atoms with Crippen molar-refractivity contribution in [3.05, 3.63) is 130 Å². The van der Waals surface area contributed by atoms with Crippen molar-refractivity contribution in [1.29, 1.82) is 0 Å². The van der Waals surface area contributed by atoms with E-state index in [1.807, 2.05) is 11.1 Å². The molecule has 0 fully saturated rings. The van der Waals surface area contributed by atoms with Crippen molar-refractivity contribution in [1.82, 2.24) is 0 Å². The molecule has 192 valence electrons. The molecule has 1 unspecified atom stereocenters. The van der Waals surface area contributed by atoms with Crippen LogP contribution in [0.25, 0.3) is 0 Å². The molecule has 2 aliphatic rings. The molecule has 0 nitrogen and oxygen atoms in total. The molecule has 0 saturated carbocycles. The molecule has 0 N–H and O–H groups in total. The van der Waals surface area contributed by atoms with Gasteiger partial charge in [-0.3, -0.25) is 0 Å². The molecule has 0 bridgehead atoms. The van der Waals surface area contributed by atoms with Gasteiger partial charge in [-0.2, -0.15) is 0 Å². The molecule has 3 aromatic rings. The van der Waals surface area contributed by atoms with Crippen molar-refractivity contribution < 1.29 is 16.6 Å². The number of rotatable bonds is 9. The van der Waals surface area contributed by atoms with Crippen LogP contribution in [0, 0.1) is 0 Å². The third-order valence-electron chi connectivity index (χ3n) is 8.61. The first-order valence-electron chi connectivity index (χ1n) is 14.5. The first-order chi connectivity index (χ1) is 17.9. The normalized spacial score (nSPS) is 18.4. The number of hydrogen-bond acceptors (Lipinski definition) is 0. The van der Waals surface area contributed by atoms with Crippen molar-refractivity contribution in [2.24, 2.45) is 0 Å². The van der Waals surface area contributed by atoms with Crippen molar-refractivity contribution in [2.45, 2.75) is 75.9 Å². The summed E-state index contributed by atoms with van der Waals surface area (Å²) in [4.78, 5) is 0. The van der Waals surface area contributed by atoms with Gasteiger partial charge in [0, 0.05) is 0 Å². The first kappa shape index (κ1) is 26.7. The van der Waals surface area contributed by atoms with E-state index in [1.54, 1.807) is 22.3 Å². The van der Waals surface area contributed by atoms with Crippen LogP contribution in [-0.4, -0.2) is 9.52 Å². The summed E-state index contributed by atoms with van der Waals surface area (Å²) in [6, 6.07) is 36.0. The second-order valence-corrected chi connectivity index (χ2v) is 22.8. The molecule has 2 heteroatoms. The van der Waals surface area contributed by atoms with E-state index in [2.05, 4.69) is 118 Å². The Morgan fingerprint density at radius 3 is 1.59 bits per heavy atom. The fourth-order valence-corrected chi connectivity index (χ4v) is 18.6. The Morgan fingerprint density at radius 1 is 0.676 bits per heavy atom. The van der Waals surface area contributed by atoms with Crippen LogP contribution < -0.4 is 0 Å². The average molecular weight is 541 g/mol. The summed E-state index contributed by atoms with van der Waals surface area (Å²) < 4.78 is 4.66. The van der Waals surface area contributed by atoms with Crippen LogP contribution in [0.4, 0.5) is 0 Å². The van der Waals surface area contributed by atoms with Gasteiger partial charge in [0.05, 0.1) is 0 Å². The molecule has 0 heterocycles. The van der Waals surface area contributed by atoms with Gasteiger partial charge in [0.2, 0.25) is 0 Å². The predicted octanol–water partition coefficient (Wildman–Crippen LogP) is 9.15. The summed E-state index contributed by atoms with van der Waals surface area (Å²) in [6.45, 7) is 7.43. The maximum absolute atomic E-state index is 2.75. The zero-order chi connectivity index (χ0) is 25.7. The Balaban J connectivity index is 1.66. The average Bonchev–Trinajstić information content (AvgIpc) is 3.28. The molecule has 0 radical (unpaired) electrons. The van der Waals surface area contributed by atoms with Gasteiger partial charge in [-0.1, -0.05) is 0 Å². The summed E-state index contributed by atoms with van der Waals surface area (Å²) in [5.41, 5.74) is 10.2. The monoisotopic (exact) mass is 540 g/mol. The van der Waals surface area contributed by atoms with Gasteiger partial charge in [-0.05, 0) is 0 Å². The fourth-order valence-electron chi connectivity index (χ4n) is 6.98. The van der Waals surface area contributed by atoms with Gasteiger partial charge in [0.25, 0.3) is 0 Å². The summed E-state index contributed by atoms with van der Waals surface area (Å²) in [5, 5.41) is 0.502. The molecule has 0 saturated heterocycles. The zero-order valence-corrected chi connectivity index (χ0v) is 26.2. The molecule has 2 aliphatic carbocycles. The summed E-state index contributed by atoms with van der Waals surface area (Å²) in [7, 11) is -0.186. The second kappa shape index (κ2) is 11.9. The Hall–Kier alpha value is -1.93. The Morgan fingerprint density at radius 2 is 1.14 bits per heavy atom. The van der Waals surface area contributed by atoms with E-state index in [0.717, 1.165) is 4.22 Å². The zero-order valence-electron chi connectivity index (χ0n) is 23.2. The van der Waals surface area contributed by atoms with Crippen LogP contribution in [0.3, 0.4) is 0 Å². The van der Waals surface area contributed by atoms with Crippen LogP contribution in [0.1, 0.15) is 63.1 Å². The van der Waals surface area contributed by atoms with Crippen LogP contribution in [0.15, 0.2) is 114 Å². The molecule has 0 aromatic heterocycles. The molecule has 3 aromatic carbocycles. The Bertz CT molecular complexity index is 1120. The number of benzene rings is 3. The molecular weight excluding hydrogens is 496 g/mol. The number of hydrogen-bond donors (Lipinski definition) is 0. The van der Waals surface area contributed by atoms with E-state index in [4.69, 9.17) is 0 Å². The van der Waals surface area contributed by atoms with Gasteiger partial charge < -0.3 is 0 Å². The molecule has 1 atom stereocenters. The molecule has 5 rings (SSSR count). The molecular formula is C35H44SiTi. The van der Waals surface area contributed by atoms with Gasteiger partial charge >= 0.3 is 233 Å². The van der Waals surface area contributed by atoms with E-state index < -0.39 is 16.6 Å². The van der Waals surface area contributed by atoms with Crippen LogP contribution in [0.2, 0.25) is 15.3 Å². The molecule has 37 heavy (non-hydrogen) atoms. The second-order valence-electron chi connectivity index (χ2n) is 12.8. The van der Waals surface area contributed by atoms with E-state index in [-0.39, 0.29) is 9.52 Å². The third-order valence-corrected chi connectivity index (χ3v) is 19.2. The van der Waals surface area contributed by atoms with Crippen molar-refractivity contribution in [3.8, 4) is 0 Å². The van der Waals surface area contributed by atoms with E-state index >= 15 is 0 Å². The summed E-state index contributed by atoms with van der Waals surface area (Å²) in [5.74, 6) is 0. The van der Waals surface area contributed by atoms with Gasteiger partial charge in [0.15, 0.2) is 0 Å². The standard InChI is InChI=1S/C14H23Si.3C7H7.Ti/c1-14(2,3)15-10-11-8-12-6-4-5-7-13(12)9-11;3*1-7-5-3-2-4-6-7;/h8-9H,4-7,10,15H2,1-3H3;3*2-6H,1H2;. The topological polar surface area (TPSA) is 0 Å². The maximum atomic E-state index is 2.75. The Kier molecular flexibility index (Phi) is 8.54. The third kappa shape index (κ3) is 6.75. The van der Waals surface area contributed by atoms with Crippen LogP contribution >= 0.6 is 0 Å². The molecule has 0 amide bonds. The fraction of sp³-hybridized carbons (Fsp3) is 0.371. The van der Waals surface area contributed by atoms with E-state index in [1.165, 1.54) is 45.9 Å². The number of allylic oxidation sites excluding steroid dienone is 4. The summed E-state index contributed by atoms with van der Waals surface area (Å²) >= 11 is -2.68. The van der Waals surface area contributed by atoms with E-state index in [0.29, 0.717) is 5.04 Å². The minimum absolute atomic E-state index is 0.186. The van der Waals surface area contributed by atoms with E-state index in [9.17, 15) is 0 Å². The Labute approximate surface area is 231 Å². The quantitative estimate of drug-likeness (QED) is 0.237. The van der Waals surface area contributed by atoms with Crippen molar-refractivity contribution in [2.75, 3.05) is 0 Å².